The molecule has 1 aliphatic heterocycles. The molecule has 0 atom stereocenters. The van der Waals surface area contributed by atoms with Crippen molar-refractivity contribution < 1.29 is 22.7 Å². The molecule has 2 aromatic rings. The van der Waals surface area contributed by atoms with E-state index in [1.54, 1.807) is 6.07 Å². The molecular formula is C21H23ClF3N3O2. The Bertz CT molecular complexity index is 913. The molecule has 3 rings (SSSR count). The molecule has 1 amide bonds. The van der Waals surface area contributed by atoms with Crippen molar-refractivity contribution in [3.63, 3.8) is 0 Å². The highest BCUT2D eigenvalue weighted by Crippen LogP contribution is 2.30. The van der Waals surface area contributed by atoms with Crippen molar-refractivity contribution in [2.45, 2.75) is 31.6 Å². The first-order valence-corrected chi connectivity index (χ1v) is 9.87. The number of piperidine rings is 1. The van der Waals surface area contributed by atoms with Crippen LogP contribution in [0.5, 0.6) is 5.75 Å². The Hall–Kier alpha value is -2.45. The lowest BCUT2D eigenvalue weighted by molar-refractivity contribution is -0.137. The number of nitrogen functional groups attached to an aromatic ring is 1. The summed E-state index contributed by atoms with van der Waals surface area (Å²) < 4.78 is 43.9. The number of carbonyl (C=O) groups excluding carboxylic acids is 1. The van der Waals surface area contributed by atoms with Crippen LogP contribution in [-0.4, -0.2) is 37.0 Å². The van der Waals surface area contributed by atoms with Gasteiger partial charge in [0.1, 0.15) is 5.75 Å². The summed E-state index contributed by atoms with van der Waals surface area (Å²) in [4.78, 5) is 14.7. The lowest BCUT2D eigenvalue weighted by Gasteiger charge is -2.32. The van der Waals surface area contributed by atoms with E-state index in [4.69, 9.17) is 22.1 Å². The second kappa shape index (κ2) is 9.14. The van der Waals surface area contributed by atoms with Crippen LogP contribution in [0.15, 0.2) is 36.4 Å². The minimum absolute atomic E-state index is 0.0451. The average molecular weight is 442 g/mol. The number of hydrogen-bond acceptors (Lipinski definition) is 4. The fraction of sp³-hybridized carbons (Fsp3) is 0.381. The summed E-state index contributed by atoms with van der Waals surface area (Å²) in [6, 6.07) is 8.32. The van der Waals surface area contributed by atoms with Crippen LogP contribution in [0.1, 0.15) is 34.3 Å². The Morgan fingerprint density at radius 1 is 1.27 bits per heavy atom. The summed E-state index contributed by atoms with van der Waals surface area (Å²) in [6.45, 7) is 1.77. The van der Waals surface area contributed by atoms with Crippen LogP contribution in [0.2, 0.25) is 5.02 Å². The number of rotatable bonds is 5. The van der Waals surface area contributed by atoms with Gasteiger partial charge < -0.3 is 15.8 Å². The highest BCUT2D eigenvalue weighted by Gasteiger charge is 2.30. The molecule has 0 unspecified atom stereocenters. The molecule has 0 spiro atoms. The maximum absolute atomic E-state index is 12.9. The van der Waals surface area contributed by atoms with Crippen LogP contribution in [0.4, 0.5) is 18.9 Å². The maximum Gasteiger partial charge on any atom is 0.416 e. The Morgan fingerprint density at radius 2 is 1.97 bits per heavy atom. The van der Waals surface area contributed by atoms with Gasteiger partial charge in [0.25, 0.3) is 5.91 Å². The fourth-order valence-electron chi connectivity index (χ4n) is 3.52. The van der Waals surface area contributed by atoms with Crippen LogP contribution in [0.25, 0.3) is 0 Å². The van der Waals surface area contributed by atoms with Gasteiger partial charge in [0.05, 0.1) is 28.9 Å². The zero-order valence-corrected chi connectivity index (χ0v) is 17.2. The Kier molecular flexibility index (Phi) is 6.77. The number of hydrogen-bond donors (Lipinski definition) is 2. The van der Waals surface area contributed by atoms with Crippen LogP contribution >= 0.6 is 11.6 Å². The van der Waals surface area contributed by atoms with Crippen LogP contribution in [0.3, 0.4) is 0 Å². The second-order valence-corrected chi connectivity index (χ2v) is 7.70. The standard InChI is InChI=1S/C21H23ClF3N3O2/c1-30-19-11-18(26)17(22)10-16(19)20(29)27-15-5-7-28(8-6-15)12-13-3-2-4-14(9-13)21(23,24)25/h2-4,9-11,15H,5-8,12,26H2,1H3,(H,27,29). The smallest absolute Gasteiger partial charge is 0.416 e. The number of amides is 1. The zero-order chi connectivity index (χ0) is 21.9. The highest BCUT2D eigenvalue weighted by atomic mass is 35.5. The molecule has 2 aromatic carbocycles. The van der Waals surface area contributed by atoms with Gasteiger partial charge in [-0.25, -0.2) is 0 Å². The van der Waals surface area contributed by atoms with Gasteiger partial charge in [-0.2, -0.15) is 13.2 Å². The lowest BCUT2D eigenvalue weighted by Crippen LogP contribution is -2.44. The van der Waals surface area contributed by atoms with Crippen molar-refractivity contribution in [1.29, 1.82) is 0 Å². The highest BCUT2D eigenvalue weighted by molar-refractivity contribution is 6.33. The Labute approximate surface area is 177 Å². The minimum atomic E-state index is -4.35. The van der Waals surface area contributed by atoms with Crippen molar-refractivity contribution >= 4 is 23.2 Å². The number of nitrogens with two attached hydrogens (primary N) is 1. The number of nitrogens with zero attached hydrogens (tertiary/aromatic N) is 1. The van der Waals surface area contributed by atoms with Gasteiger partial charge in [-0.3, -0.25) is 9.69 Å². The number of nitrogens with one attached hydrogen (secondary N) is 1. The molecule has 3 N–H and O–H groups in total. The summed E-state index contributed by atoms with van der Waals surface area (Å²) in [5.41, 5.74) is 6.36. The number of benzene rings is 2. The number of carbonyl (C=O) groups is 1. The Morgan fingerprint density at radius 3 is 2.60 bits per heavy atom. The van der Waals surface area contributed by atoms with E-state index in [0.29, 0.717) is 55.0 Å². The number of alkyl halides is 3. The van der Waals surface area contributed by atoms with E-state index in [0.717, 1.165) is 6.07 Å². The number of methoxy groups -OCH3 is 1. The third-order valence-corrected chi connectivity index (χ3v) is 5.47. The van der Waals surface area contributed by atoms with Gasteiger partial charge in [0, 0.05) is 31.7 Å². The molecule has 0 bridgehead atoms. The maximum atomic E-state index is 12.9. The number of likely N-dealkylation sites (tertiary alicyclic amines) is 1. The van der Waals surface area contributed by atoms with Crippen molar-refractivity contribution in [2.75, 3.05) is 25.9 Å². The van der Waals surface area contributed by atoms with E-state index < -0.39 is 11.7 Å². The molecular weight excluding hydrogens is 419 g/mol. The van der Waals surface area contributed by atoms with Crippen molar-refractivity contribution in [2.24, 2.45) is 0 Å². The number of ether oxygens (including phenoxy) is 1. The molecule has 1 fully saturated rings. The first kappa shape index (κ1) is 22.2. The molecule has 0 radical (unpaired) electrons. The molecule has 0 saturated carbocycles. The zero-order valence-electron chi connectivity index (χ0n) is 16.4. The lowest BCUT2D eigenvalue weighted by atomic mass is 10.0. The van der Waals surface area contributed by atoms with Gasteiger partial charge in [-0.15, -0.1) is 0 Å². The molecule has 1 aliphatic rings. The topological polar surface area (TPSA) is 67.6 Å². The predicted molar refractivity (Wildman–Crippen MR) is 110 cm³/mol. The van der Waals surface area contributed by atoms with E-state index in [1.807, 2.05) is 0 Å². The fourth-order valence-corrected chi connectivity index (χ4v) is 3.68. The summed E-state index contributed by atoms with van der Waals surface area (Å²) >= 11 is 6.03. The average Bonchev–Trinajstić information content (AvgIpc) is 2.70. The van der Waals surface area contributed by atoms with Crippen molar-refractivity contribution in [3.8, 4) is 5.75 Å². The normalized spacial score (nSPS) is 15.8. The largest absolute Gasteiger partial charge is 0.496 e. The third-order valence-electron chi connectivity index (χ3n) is 5.15. The van der Waals surface area contributed by atoms with Crippen molar-refractivity contribution in [1.82, 2.24) is 10.2 Å². The molecule has 9 heteroatoms. The first-order valence-electron chi connectivity index (χ1n) is 9.49. The minimum Gasteiger partial charge on any atom is -0.496 e. The molecule has 5 nitrogen and oxygen atoms in total. The molecule has 30 heavy (non-hydrogen) atoms. The van der Waals surface area contributed by atoms with Crippen molar-refractivity contribution in [3.05, 3.63) is 58.1 Å². The van der Waals surface area contributed by atoms with Crippen LogP contribution < -0.4 is 15.8 Å². The number of halogens is 4. The van der Waals surface area contributed by atoms with Gasteiger partial charge in [-0.05, 0) is 30.5 Å². The quantitative estimate of drug-likeness (QED) is 0.677. The van der Waals surface area contributed by atoms with Gasteiger partial charge in [0.2, 0.25) is 0 Å². The van der Waals surface area contributed by atoms with Gasteiger partial charge >= 0.3 is 6.18 Å². The molecule has 0 aromatic heterocycles. The third kappa shape index (κ3) is 5.37. The summed E-state index contributed by atoms with van der Waals surface area (Å²) in [7, 11) is 1.45. The molecule has 1 heterocycles. The molecule has 162 valence electrons. The number of anilines is 1. The second-order valence-electron chi connectivity index (χ2n) is 7.30. The van der Waals surface area contributed by atoms with E-state index in [2.05, 4.69) is 10.2 Å². The van der Waals surface area contributed by atoms with Crippen LogP contribution in [-0.2, 0) is 12.7 Å². The summed E-state index contributed by atoms with van der Waals surface area (Å²) in [5.74, 6) is 0.0430. The predicted octanol–water partition coefficient (Wildman–Crippen LogP) is 4.34. The summed E-state index contributed by atoms with van der Waals surface area (Å²) in [6.07, 6.45) is -2.97. The van der Waals surface area contributed by atoms with Crippen LogP contribution in [0, 0.1) is 0 Å². The Balaban J connectivity index is 1.56. The monoisotopic (exact) mass is 441 g/mol. The molecule has 1 saturated heterocycles. The SMILES string of the molecule is COc1cc(N)c(Cl)cc1C(=O)NC1CCN(Cc2cccc(C(F)(F)F)c2)CC1. The van der Waals surface area contributed by atoms with E-state index >= 15 is 0 Å². The van der Waals surface area contributed by atoms with E-state index in [-0.39, 0.29) is 17.0 Å². The van der Waals surface area contributed by atoms with Gasteiger partial charge in [0.15, 0.2) is 0 Å². The first-order chi connectivity index (χ1) is 14.2. The van der Waals surface area contributed by atoms with E-state index in [9.17, 15) is 18.0 Å². The van der Waals surface area contributed by atoms with Gasteiger partial charge in [-0.1, -0.05) is 29.8 Å². The molecule has 0 aliphatic carbocycles. The summed E-state index contributed by atoms with van der Waals surface area (Å²) in [5, 5.41) is 3.25. The van der Waals surface area contributed by atoms with E-state index in [1.165, 1.54) is 31.4 Å².